The largest absolute Gasteiger partial charge is 0.457 e. The van der Waals surface area contributed by atoms with E-state index in [0.717, 1.165) is 4.47 Å². The normalized spacial score (nSPS) is 11.1. The molecule has 134 valence electrons. The molecule has 0 bridgehead atoms. The third-order valence-corrected chi connectivity index (χ3v) is 3.71. The fourth-order valence-electron chi connectivity index (χ4n) is 2.06. The van der Waals surface area contributed by atoms with Crippen molar-refractivity contribution in [1.29, 1.82) is 0 Å². The first-order chi connectivity index (χ1) is 11.6. The summed E-state index contributed by atoms with van der Waals surface area (Å²) in [4.78, 5) is 13.5. The number of halogens is 2. The second-order valence-corrected chi connectivity index (χ2v) is 7.56. The van der Waals surface area contributed by atoms with Crippen molar-refractivity contribution < 1.29 is 18.7 Å². The smallest absolute Gasteiger partial charge is 0.410 e. The van der Waals surface area contributed by atoms with E-state index in [1.165, 1.54) is 17.0 Å². The summed E-state index contributed by atoms with van der Waals surface area (Å²) in [5.41, 5.74) is -0.0411. The van der Waals surface area contributed by atoms with Crippen LogP contribution in [0.5, 0.6) is 11.5 Å². The predicted octanol–water partition coefficient (Wildman–Crippen LogP) is 5.75. The number of hydrogen-bond acceptors (Lipinski definition) is 3. The molecule has 0 aliphatic rings. The van der Waals surface area contributed by atoms with Crippen molar-refractivity contribution in [2.24, 2.45) is 0 Å². The number of carbonyl (C=O) groups excluding carboxylic acids is 1. The molecule has 0 saturated carbocycles. The van der Waals surface area contributed by atoms with Gasteiger partial charge in [0.15, 0.2) is 0 Å². The van der Waals surface area contributed by atoms with Gasteiger partial charge < -0.3 is 14.4 Å². The van der Waals surface area contributed by atoms with Gasteiger partial charge in [-0.1, -0.05) is 15.9 Å². The van der Waals surface area contributed by atoms with E-state index in [0.29, 0.717) is 17.1 Å². The first kappa shape index (κ1) is 19.2. The molecule has 4 nitrogen and oxygen atoms in total. The van der Waals surface area contributed by atoms with Gasteiger partial charge in [-0.3, -0.25) is 0 Å². The van der Waals surface area contributed by atoms with E-state index in [2.05, 4.69) is 15.9 Å². The minimum absolute atomic E-state index is 0.165. The van der Waals surface area contributed by atoms with E-state index in [1.807, 2.05) is 12.1 Å². The van der Waals surface area contributed by atoms with E-state index < -0.39 is 17.5 Å². The molecule has 1 amide bonds. The van der Waals surface area contributed by atoms with E-state index in [9.17, 15) is 9.18 Å². The van der Waals surface area contributed by atoms with Crippen LogP contribution in [0.3, 0.4) is 0 Å². The van der Waals surface area contributed by atoms with Crippen LogP contribution in [0.4, 0.5) is 9.18 Å². The van der Waals surface area contributed by atoms with Crippen molar-refractivity contribution in [3.8, 4) is 11.5 Å². The molecule has 0 atom stereocenters. The van der Waals surface area contributed by atoms with Crippen LogP contribution in [0.15, 0.2) is 46.9 Å². The molecular weight excluding hydrogens is 389 g/mol. The number of nitrogens with zero attached hydrogens (tertiary/aromatic N) is 1. The maximum absolute atomic E-state index is 13.7. The Labute approximate surface area is 155 Å². The van der Waals surface area contributed by atoms with Crippen LogP contribution in [-0.2, 0) is 11.3 Å². The van der Waals surface area contributed by atoms with Crippen LogP contribution < -0.4 is 4.74 Å². The van der Waals surface area contributed by atoms with Crippen LogP contribution >= 0.6 is 15.9 Å². The van der Waals surface area contributed by atoms with Gasteiger partial charge in [0, 0.05) is 17.1 Å². The molecule has 25 heavy (non-hydrogen) atoms. The molecule has 0 aliphatic carbocycles. The van der Waals surface area contributed by atoms with Crippen LogP contribution in [-0.4, -0.2) is 23.6 Å². The number of rotatable bonds is 4. The molecule has 0 N–H and O–H groups in total. The summed E-state index contributed by atoms with van der Waals surface area (Å²) >= 11 is 3.36. The Hall–Kier alpha value is -2.08. The van der Waals surface area contributed by atoms with E-state index in [1.54, 1.807) is 46.0 Å². The standard InChI is InChI=1S/C19H21BrFNO3/c1-19(2,3)25-18(23)22(4)12-13-11-15(21)7-10-17(13)24-16-8-5-14(20)6-9-16/h5-11H,12H2,1-4H3. The van der Waals surface area contributed by atoms with Gasteiger partial charge in [-0.2, -0.15) is 0 Å². The molecule has 0 heterocycles. The summed E-state index contributed by atoms with van der Waals surface area (Å²) in [5, 5.41) is 0. The zero-order chi connectivity index (χ0) is 18.6. The van der Waals surface area contributed by atoms with Crippen LogP contribution in [0.2, 0.25) is 0 Å². The minimum Gasteiger partial charge on any atom is -0.457 e. The van der Waals surface area contributed by atoms with Gasteiger partial charge in [0.1, 0.15) is 22.9 Å². The highest BCUT2D eigenvalue weighted by molar-refractivity contribution is 9.10. The van der Waals surface area contributed by atoms with Gasteiger partial charge in [0.05, 0.1) is 6.54 Å². The van der Waals surface area contributed by atoms with Crippen molar-refractivity contribution in [3.05, 3.63) is 58.3 Å². The highest BCUT2D eigenvalue weighted by Gasteiger charge is 2.21. The Balaban J connectivity index is 2.18. The van der Waals surface area contributed by atoms with Gasteiger partial charge >= 0.3 is 6.09 Å². The molecule has 0 aromatic heterocycles. The Morgan fingerprint density at radius 3 is 2.40 bits per heavy atom. The van der Waals surface area contributed by atoms with E-state index in [4.69, 9.17) is 9.47 Å². The summed E-state index contributed by atoms with van der Waals surface area (Å²) in [7, 11) is 1.60. The van der Waals surface area contributed by atoms with E-state index in [-0.39, 0.29) is 6.54 Å². The molecular formula is C19H21BrFNO3. The second kappa shape index (κ2) is 7.87. The lowest BCUT2D eigenvalue weighted by Gasteiger charge is -2.25. The molecule has 2 aromatic carbocycles. The third kappa shape index (κ3) is 6.05. The molecule has 6 heteroatoms. The van der Waals surface area contributed by atoms with Gasteiger partial charge in [0.2, 0.25) is 0 Å². The molecule has 0 saturated heterocycles. The number of benzene rings is 2. The second-order valence-electron chi connectivity index (χ2n) is 6.64. The monoisotopic (exact) mass is 409 g/mol. The predicted molar refractivity (Wildman–Crippen MR) is 98.3 cm³/mol. The summed E-state index contributed by atoms with van der Waals surface area (Å²) < 4.78 is 25.8. The molecule has 0 spiro atoms. The van der Waals surface area contributed by atoms with E-state index >= 15 is 0 Å². The Morgan fingerprint density at radius 1 is 1.16 bits per heavy atom. The summed E-state index contributed by atoms with van der Waals surface area (Å²) in [6.45, 7) is 5.55. The van der Waals surface area contributed by atoms with Crippen molar-refractivity contribution >= 4 is 22.0 Å². The highest BCUT2D eigenvalue weighted by atomic mass is 79.9. The number of hydrogen-bond donors (Lipinski definition) is 0. The molecule has 0 unspecified atom stereocenters. The zero-order valence-corrected chi connectivity index (χ0v) is 16.3. The first-order valence-electron chi connectivity index (χ1n) is 7.80. The Kier molecular flexibility index (Phi) is 6.06. The van der Waals surface area contributed by atoms with Crippen LogP contribution in [0.1, 0.15) is 26.3 Å². The molecule has 2 aromatic rings. The van der Waals surface area contributed by atoms with Crippen molar-refractivity contribution in [2.45, 2.75) is 32.9 Å². The Bertz CT molecular complexity index is 741. The maximum Gasteiger partial charge on any atom is 0.410 e. The van der Waals surface area contributed by atoms with Crippen LogP contribution in [0.25, 0.3) is 0 Å². The summed E-state index contributed by atoms with van der Waals surface area (Å²) in [5.74, 6) is 0.714. The van der Waals surface area contributed by atoms with Gasteiger partial charge in [-0.05, 0) is 63.2 Å². The molecule has 0 fully saturated rings. The lowest BCUT2D eigenvalue weighted by atomic mass is 10.2. The number of ether oxygens (including phenoxy) is 2. The molecule has 2 rings (SSSR count). The lowest BCUT2D eigenvalue weighted by molar-refractivity contribution is 0.0284. The average molecular weight is 410 g/mol. The third-order valence-electron chi connectivity index (χ3n) is 3.18. The van der Waals surface area contributed by atoms with Gasteiger partial charge in [0.25, 0.3) is 0 Å². The Morgan fingerprint density at radius 2 is 1.80 bits per heavy atom. The molecule has 0 radical (unpaired) electrons. The van der Waals surface area contributed by atoms with Gasteiger partial charge in [-0.25, -0.2) is 9.18 Å². The maximum atomic E-state index is 13.7. The first-order valence-corrected chi connectivity index (χ1v) is 8.59. The van der Waals surface area contributed by atoms with Crippen molar-refractivity contribution in [3.63, 3.8) is 0 Å². The number of carbonyl (C=O) groups is 1. The fraction of sp³-hybridized carbons (Fsp3) is 0.316. The lowest BCUT2D eigenvalue weighted by Crippen LogP contribution is -2.33. The fourth-order valence-corrected chi connectivity index (χ4v) is 2.33. The topological polar surface area (TPSA) is 38.8 Å². The molecule has 0 aliphatic heterocycles. The summed E-state index contributed by atoms with van der Waals surface area (Å²) in [6, 6.07) is 11.5. The highest BCUT2D eigenvalue weighted by Crippen LogP contribution is 2.28. The zero-order valence-electron chi connectivity index (χ0n) is 14.7. The van der Waals surface area contributed by atoms with Crippen LogP contribution in [0, 0.1) is 5.82 Å². The average Bonchev–Trinajstić information content (AvgIpc) is 2.50. The number of amides is 1. The van der Waals surface area contributed by atoms with Crippen molar-refractivity contribution in [2.75, 3.05) is 7.05 Å². The minimum atomic E-state index is -0.593. The van der Waals surface area contributed by atoms with Crippen molar-refractivity contribution in [1.82, 2.24) is 4.90 Å². The van der Waals surface area contributed by atoms with Gasteiger partial charge in [-0.15, -0.1) is 0 Å². The summed E-state index contributed by atoms with van der Waals surface area (Å²) in [6.07, 6.45) is -0.480. The quantitative estimate of drug-likeness (QED) is 0.645. The SMILES string of the molecule is CN(Cc1cc(F)ccc1Oc1ccc(Br)cc1)C(=O)OC(C)(C)C.